The Hall–Kier alpha value is -1.80. The van der Waals surface area contributed by atoms with E-state index in [0.29, 0.717) is 36.8 Å². The summed E-state index contributed by atoms with van der Waals surface area (Å²) in [4.78, 5) is 11.9. The van der Waals surface area contributed by atoms with Crippen molar-refractivity contribution in [1.29, 1.82) is 0 Å². The van der Waals surface area contributed by atoms with Crippen LogP contribution in [0.15, 0.2) is 12.7 Å². The zero-order valence-electron chi connectivity index (χ0n) is 10.1. The van der Waals surface area contributed by atoms with Crippen molar-refractivity contribution in [2.75, 3.05) is 5.73 Å². The van der Waals surface area contributed by atoms with Crippen molar-refractivity contribution in [2.45, 2.75) is 37.3 Å². The van der Waals surface area contributed by atoms with Crippen LogP contribution in [0.5, 0.6) is 0 Å². The van der Waals surface area contributed by atoms with Gasteiger partial charge in [-0.3, -0.25) is 0 Å². The number of nitrogens with two attached hydrogens (primary N) is 1. The zero-order valence-corrected chi connectivity index (χ0v) is 10.1. The van der Waals surface area contributed by atoms with E-state index in [1.807, 2.05) is 0 Å². The van der Waals surface area contributed by atoms with Gasteiger partial charge in [-0.25, -0.2) is 15.0 Å². The van der Waals surface area contributed by atoms with Crippen molar-refractivity contribution in [3.05, 3.63) is 12.7 Å². The molecular weight excluding hydrogens is 253 g/mol. The number of nitrogens with zero attached hydrogens (tertiary/aromatic N) is 4. The van der Waals surface area contributed by atoms with E-state index >= 15 is 0 Å². The lowest BCUT2D eigenvalue weighted by atomic mass is 9.94. The molecule has 8 heteroatoms. The number of imidazole rings is 1. The Labute approximate surface area is 107 Å². The molecule has 0 aliphatic heterocycles. The Morgan fingerprint density at radius 3 is 2.58 bits per heavy atom. The second kappa shape index (κ2) is 3.84. The molecule has 0 saturated heterocycles. The average molecular weight is 267 g/mol. The fraction of sp³-hybridized carbons (Fsp3) is 0.545. The van der Waals surface area contributed by atoms with Crippen molar-refractivity contribution in [3.8, 4) is 0 Å². The lowest BCUT2D eigenvalue weighted by Gasteiger charge is -2.36. The molecule has 0 bridgehead atoms. The molecule has 102 valence electrons. The molecule has 1 saturated carbocycles. The average Bonchev–Trinajstić information content (AvgIpc) is 2.94. The van der Waals surface area contributed by atoms with Gasteiger partial charge in [0.1, 0.15) is 17.4 Å². The smallest absolute Gasteiger partial charge is 0.339 e. The molecule has 0 atom stereocenters. The SMILES string of the molecule is Nc1ncnc2c1ncn2C1(C(O)(O)F)CCCC1. The Kier molecular flexibility index (Phi) is 2.48. The minimum absolute atomic E-state index is 0.178. The van der Waals surface area contributed by atoms with Gasteiger partial charge in [0, 0.05) is 0 Å². The van der Waals surface area contributed by atoms with E-state index in [-0.39, 0.29) is 5.82 Å². The number of aliphatic hydroxyl groups is 2. The van der Waals surface area contributed by atoms with Gasteiger partial charge in [-0.1, -0.05) is 12.8 Å². The fourth-order valence-electron chi connectivity index (χ4n) is 2.84. The van der Waals surface area contributed by atoms with Crippen molar-refractivity contribution >= 4 is 17.0 Å². The van der Waals surface area contributed by atoms with Crippen LogP contribution in [0.25, 0.3) is 11.2 Å². The molecule has 0 amide bonds. The maximum Gasteiger partial charge on any atom is 0.339 e. The predicted molar refractivity (Wildman–Crippen MR) is 64.5 cm³/mol. The predicted octanol–water partition coefficient (Wildman–Crippen LogP) is 0.286. The van der Waals surface area contributed by atoms with Crippen LogP contribution in [0, 0.1) is 0 Å². The Morgan fingerprint density at radius 2 is 1.95 bits per heavy atom. The summed E-state index contributed by atoms with van der Waals surface area (Å²) in [6.45, 7) is 0. The number of halogens is 1. The molecule has 2 aromatic rings. The molecule has 2 aromatic heterocycles. The second-order valence-corrected chi connectivity index (χ2v) is 4.87. The highest BCUT2D eigenvalue weighted by Gasteiger charge is 2.54. The summed E-state index contributed by atoms with van der Waals surface area (Å²) in [5, 5.41) is 19.1. The number of hydrogen-bond acceptors (Lipinski definition) is 6. The standard InChI is InChI=1S/C11H14FN5O2/c12-11(18,19)10(3-1-2-4-10)17-6-16-7-8(13)14-5-15-9(7)17/h5-6,18-19H,1-4H2,(H2,13,14,15). The molecule has 3 rings (SSSR count). The van der Waals surface area contributed by atoms with Gasteiger partial charge in [0.05, 0.1) is 6.33 Å². The quantitative estimate of drug-likeness (QED) is 0.674. The highest BCUT2D eigenvalue weighted by atomic mass is 19.2. The number of fused-ring (bicyclic) bond motifs is 1. The summed E-state index contributed by atoms with van der Waals surface area (Å²) < 4.78 is 15.3. The molecule has 0 unspecified atom stereocenters. The number of alkyl halides is 1. The lowest BCUT2D eigenvalue weighted by molar-refractivity contribution is -0.319. The van der Waals surface area contributed by atoms with Crippen LogP contribution in [-0.2, 0) is 5.54 Å². The number of hydrogen-bond donors (Lipinski definition) is 3. The second-order valence-electron chi connectivity index (χ2n) is 4.87. The summed E-state index contributed by atoms with van der Waals surface area (Å²) >= 11 is 0. The first kappa shape index (κ1) is 12.2. The highest BCUT2D eigenvalue weighted by Crippen LogP contribution is 2.45. The van der Waals surface area contributed by atoms with Gasteiger partial charge in [0.25, 0.3) is 0 Å². The summed E-state index contributed by atoms with van der Waals surface area (Å²) in [6, 6.07) is -3.34. The molecular formula is C11H14FN5O2. The minimum atomic E-state index is -3.34. The number of aromatic nitrogens is 4. The molecule has 2 heterocycles. The Bertz CT molecular complexity index is 615. The third-order valence-corrected chi connectivity index (χ3v) is 3.85. The van der Waals surface area contributed by atoms with Crippen molar-refractivity contribution in [3.63, 3.8) is 0 Å². The van der Waals surface area contributed by atoms with Gasteiger partial charge in [-0.05, 0) is 12.8 Å². The largest absolute Gasteiger partial charge is 0.382 e. The minimum Gasteiger partial charge on any atom is -0.382 e. The van der Waals surface area contributed by atoms with Crippen LogP contribution < -0.4 is 5.73 Å². The first-order valence-electron chi connectivity index (χ1n) is 6.03. The number of nitrogen functional groups attached to an aromatic ring is 1. The molecule has 0 aromatic carbocycles. The van der Waals surface area contributed by atoms with Crippen LogP contribution in [0.4, 0.5) is 10.2 Å². The third kappa shape index (κ3) is 1.60. The maximum absolute atomic E-state index is 13.9. The molecule has 1 fully saturated rings. The van der Waals surface area contributed by atoms with E-state index < -0.39 is 11.6 Å². The van der Waals surface area contributed by atoms with Gasteiger partial charge in [0.2, 0.25) is 0 Å². The molecule has 1 aliphatic carbocycles. The Balaban J connectivity index is 2.25. The van der Waals surface area contributed by atoms with Gasteiger partial charge in [-0.15, -0.1) is 0 Å². The number of rotatable bonds is 2. The molecule has 1 aliphatic rings. The van der Waals surface area contributed by atoms with Crippen LogP contribution >= 0.6 is 0 Å². The fourth-order valence-corrected chi connectivity index (χ4v) is 2.84. The van der Waals surface area contributed by atoms with E-state index in [4.69, 9.17) is 5.73 Å². The summed E-state index contributed by atoms with van der Waals surface area (Å²) in [5.41, 5.74) is 4.84. The van der Waals surface area contributed by atoms with Gasteiger partial charge in [-0.2, -0.15) is 4.39 Å². The van der Waals surface area contributed by atoms with Crippen LogP contribution in [-0.4, -0.2) is 35.8 Å². The molecule has 19 heavy (non-hydrogen) atoms. The van der Waals surface area contributed by atoms with Crippen molar-refractivity contribution < 1.29 is 14.6 Å². The van der Waals surface area contributed by atoms with Gasteiger partial charge < -0.3 is 20.5 Å². The zero-order chi connectivity index (χ0) is 13.7. The van der Waals surface area contributed by atoms with E-state index in [1.165, 1.54) is 17.2 Å². The topological polar surface area (TPSA) is 110 Å². The summed E-state index contributed by atoms with van der Waals surface area (Å²) in [7, 11) is 0. The first-order valence-corrected chi connectivity index (χ1v) is 6.03. The molecule has 0 spiro atoms. The third-order valence-electron chi connectivity index (χ3n) is 3.85. The molecule has 4 N–H and O–H groups in total. The molecule has 7 nitrogen and oxygen atoms in total. The summed E-state index contributed by atoms with van der Waals surface area (Å²) in [6.07, 6.45) is 4.58. The van der Waals surface area contributed by atoms with Gasteiger partial charge in [0.15, 0.2) is 11.5 Å². The number of anilines is 1. The van der Waals surface area contributed by atoms with Crippen LogP contribution in [0.3, 0.4) is 0 Å². The normalized spacial score (nSPS) is 19.1. The van der Waals surface area contributed by atoms with Crippen molar-refractivity contribution in [1.82, 2.24) is 19.5 Å². The van der Waals surface area contributed by atoms with Gasteiger partial charge >= 0.3 is 6.04 Å². The van der Waals surface area contributed by atoms with Crippen molar-refractivity contribution in [2.24, 2.45) is 0 Å². The summed E-state index contributed by atoms with van der Waals surface area (Å²) in [5.74, 6) is 0.178. The Morgan fingerprint density at radius 1 is 1.26 bits per heavy atom. The van der Waals surface area contributed by atoms with E-state index in [2.05, 4.69) is 15.0 Å². The van der Waals surface area contributed by atoms with E-state index in [0.717, 1.165) is 0 Å². The monoisotopic (exact) mass is 267 g/mol. The maximum atomic E-state index is 13.9. The highest BCUT2D eigenvalue weighted by molar-refractivity contribution is 5.81. The molecule has 0 radical (unpaired) electrons. The van der Waals surface area contributed by atoms with Crippen LogP contribution in [0.2, 0.25) is 0 Å². The first-order chi connectivity index (χ1) is 8.96. The van der Waals surface area contributed by atoms with E-state index in [1.54, 1.807) is 0 Å². The van der Waals surface area contributed by atoms with Crippen LogP contribution in [0.1, 0.15) is 25.7 Å². The van der Waals surface area contributed by atoms with E-state index in [9.17, 15) is 14.6 Å². The lowest BCUT2D eigenvalue weighted by Crippen LogP contribution is -2.50.